The van der Waals surface area contributed by atoms with E-state index in [4.69, 9.17) is 4.74 Å². The molecular weight excluding hydrogens is 448 g/mol. The summed E-state index contributed by atoms with van der Waals surface area (Å²) in [6, 6.07) is 4.73. The lowest BCUT2D eigenvalue weighted by Gasteiger charge is -2.30. The van der Waals surface area contributed by atoms with Crippen molar-refractivity contribution in [3.8, 4) is 0 Å². The van der Waals surface area contributed by atoms with Crippen LogP contribution in [-0.2, 0) is 24.2 Å². The van der Waals surface area contributed by atoms with Crippen LogP contribution in [0.2, 0.25) is 0 Å². The molecule has 0 spiro atoms. The third-order valence-electron chi connectivity index (χ3n) is 6.04. The van der Waals surface area contributed by atoms with Crippen molar-refractivity contribution in [2.45, 2.75) is 52.1 Å². The number of nitrogens with zero attached hydrogens (tertiary/aromatic N) is 2. The first kappa shape index (κ1) is 24.9. The van der Waals surface area contributed by atoms with Gasteiger partial charge in [-0.15, -0.1) is 0 Å². The van der Waals surface area contributed by atoms with Crippen LogP contribution in [-0.4, -0.2) is 78.6 Å². The van der Waals surface area contributed by atoms with Crippen molar-refractivity contribution in [2.24, 2.45) is 5.92 Å². The first-order valence-corrected chi connectivity index (χ1v) is 13.0. The van der Waals surface area contributed by atoms with Crippen LogP contribution in [0.4, 0.5) is 0 Å². The molecule has 0 saturated carbocycles. The fraction of sp³-hybridized carbons (Fsp3) is 0.565. The standard InChI is InChI=1S/C23H30N2O7S/c1-4-5-11-24(16-10-12-33(30,31)14-16)19(26)13-32-23(29)20(15(2)3)25-21(27)17-8-6-7-9-18(17)22(25)28/h6-9,15-16,20H,4-5,10-14H2,1-3H3/t16?,20-/m0/s1. The monoisotopic (exact) mass is 478 g/mol. The van der Waals surface area contributed by atoms with Crippen molar-refractivity contribution < 1.29 is 32.3 Å². The van der Waals surface area contributed by atoms with Crippen molar-refractivity contribution >= 4 is 33.5 Å². The molecule has 1 unspecified atom stereocenters. The summed E-state index contributed by atoms with van der Waals surface area (Å²) >= 11 is 0. The quantitative estimate of drug-likeness (QED) is 0.391. The highest BCUT2D eigenvalue weighted by Crippen LogP contribution is 2.28. The number of unbranched alkanes of at least 4 members (excludes halogenated alkanes) is 1. The largest absolute Gasteiger partial charge is 0.454 e. The molecule has 0 aromatic heterocycles. The van der Waals surface area contributed by atoms with E-state index in [0.29, 0.717) is 19.4 Å². The molecular formula is C23H30N2O7S. The Morgan fingerprint density at radius 3 is 2.24 bits per heavy atom. The van der Waals surface area contributed by atoms with E-state index < -0.39 is 58.1 Å². The van der Waals surface area contributed by atoms with Gasteiger partial charge in [-0.1, -0.05) is 39.3 Å². The molecule has 3 amide bonds. The maximum atomic E-state index is 12.9. The van der Waals surface area contributed by atoms with Gasteiger partial charge in [-0.2, -0.15) is 0 Å². The number of hydrogen-bond donors (Lipinski definition) is 0. The smallest absolute Gasteiger partial charge is 0.330 e. The molecule has 3 rings (SSSR count). The van der Waals surface area contributed by atoms with Gasteiger partial charge in [0.25, 0.3) is 17.7 Å². The number of sulfone groups is 1. The van der Waals surface area contributed by atoms with E-state index in [9.17, 15) is 27.6 Å². The average Bonchev–Trinajstić information content (AvgIpc) is 3.24. The van der Waals surface area contributed by atoms with Gasteiger partial charge in [-0.25, -0.2) is 13.2 Å². The molecule has 2 aliphatic heterocycles. The van der Waals surface area contributed by atoms with Crippen LogP contribution in [0.25, 0.3) is 0 Å². The molecule has 180 valence electrons. The van der Waals surface area contributed by atoms with E-state index in [-0.39, 0.29) is 22.6 Å². The van der Waals surface area contributed by atoms with Crippen LogP contribution in [0.3, 0.4) is 0 Å². The zero-order valence-electron chi connectivity index (χ0n) is 19.2. The molecule has 10 heteroatoms. The first-order chi connectivity index (χ1) is 15.6. The minimum absolute atomic E-state index is 0.0303. The molecule has 0 aliphatic carbocycles. The molecule has 2 aliphatic rings. The lowest BCUT2D eigenvalue weighted by Crippen LogP contribution is -2.50. The van der Waals surface area contributed by atoms with E-state index in [1.807, 2.05) is 6.92 Å². The van der Waals surface area contributed by atoms with Crippen LogP contribution >= 0.6 is 0 Å². The normalized spacial score (nSPS) is 20.1. The number of ether oxygens (including phenoxy) is 1. The van der Waals surface area contributed by atoms with Crippen molar-refractivity contribution in [3.05, 3.63) is 35.4 Å². The summed E-state index contributed by atoms with van der Waals surface area (Å²) in [4.78, 5) is 53.9. The third-order valence-corrected chi connectivity index (χ3v) is 7.79. The van der Waals surface area contributed by atoms with Gasteiger partial charge >= 0.3 is 5.97 Å². The van der Waals surface area contributed by atoms with Gasteiger partial charge in [0, 0.05) is 12.6 Å². The number of carbonyl (C=O) groups is 4. The van der Waals surface area contributed by atoms with Gasteiger partial charge in [0.05, 0.1) is 22.6 Å². The van der Waals surface area contributed by atoms with Crippen LogP contribution < -0.4 is 0 Å². The van der Waals surface area contributed by atoms with Gasteiger partial charge in [0.1, 0.15) is 6.04 Å². The Labute approximate surface area is 194 Å². The molecule has 9 nitrogen and oxygen atoms in total. The van der Waals surface area contributed by atoms with E-state index in [2.05, 4.69) is 0 Å². The highest BCUT2D eigenvalue weighted by molar-refractivity contribution is 7.91. The second kappa shape index (κ2) is 10.0. The zero-order chi connectivity index (χ0) is 24.3. The topological polar surface area (TPSA) is 118 Å². The predicted molar refractivity (Wildman–Crippen MR) is 120 cm³/mol. The number of benzene rings is 1. The Kier molecular flexibility index (Phi) is 7.56. The molecule has 0 bridgehead atoms. The van der Waals surface area contributed by atoms with E-state index >= 15 is 0 Å². The molecule has 1 fully saturated rings. The highest BCUT2D eigenvalue weighted by atomic mass is 32.2. The Morgan fingerprint density at radius 1 is 1.15 bits per heavy atom. The van der Waals surface area contributed by atoms with Crippen LogP contribution in [0.1, 0.15) is 60.7 Å². The second-order valence-corrected chi connectivity index (χ2v) is 11.0. The third kappa shape index (κ3) is 5.26. The Bertz CT molecular complexity index is 1020. The summed E-state index contributed by atoms with van der Waals surface area (Å²) in [5, 5.41) is 0. The van der Waals surface area contributed by atoms with E-state index in [0.717, 1.165) is 11.3 Å². The summed E-state index contributed by atoms with van der Waals surface area (Å²) in [5.74, 6) is -2.98. The Balaban J connectivity index is 1.71. The predicted octanol–water partition coefficient (Wildman–Crippen LogP) is 1.67. The maximum absolute atomic E-state index is 12.9. The first-order valence-electron chi connectivity index (χ1n) is 11.2. The second-order valence-electron chi connectivity index (χ2n) is 8.82. The lowest BCUT2D eigenvalue weighted by molar-refractivity contribution is -0.157. The van der Waals surface area contributed by atoms with E-state index in [1.165, 1.54) is 17.0 Å². The summed E-state index contributed by atoms with van der Waals surface area (Å²) in [6.45, 7) is 5.14. The van der Waals surface area contributed by atoms with Crippen LogP contribution in [0.5, 0.6) is 0 Å². The summed E-state index contributed by atoms with van der Waals surface area (Å²) in [5.41, 5.74) is 0.454. The Hall–Kier alpha value is -2.75. The Morgan fingerprint density at radius 2 is 1.76 bits per heavy atom. The van der Waals surface area contributed by atoms with Gasteiger partial charge in [-0.3, -0.25) is 19.3 Å². The molecule has 1 aromatic rings. The van der Waals surface area contributed by atoms with Gasteiger partial charge in [-0.05, 0) is 30.9 Å². The number of amides is 3. The zero-order valence-corrected chi connectivity index (χ0v) is 20.0. The molecule has 0 N–H and O–H groups in total. The molecule has 1 saturated heterocycles. The molecule has 1 aromatic carbocycles. The summed E-state index contributed by atoms with van der Waals surface area (Å²) in [7, 11) is -3.19. The minimum atomic E-state index is -3.19. The number of fused-ring (bicyclic) bond motifs is 1. The van der Waals surface area contributed by atoms with Crippen molar-refractivity contribution in [2.75, 3.05) is 24.7 Å². The van der Waals surface area contributed by atoms with Gasteiger partial charge in [0.2, 0.25) is 0 Å². The summed E-state index contributed by atoms with van der Waals surface area (Å²) in [6.07, 6.45) is 1.87. The van der Waals surface area contributed by atoms with Crippen molar-refractivity contribution in [3.63, 3.8) is 0 Å². The number of rotatable bonds is 9. The van der Waals surface area contributed by atoms with Gasteiger partial charge < -0.3 is 9.64 Å². The molecule has 33 heavy (non-hydrogen) atoms. The van der Waals surface area contributed by atoms with Crippen molar-refractivity contribution in [1.29, 1.82) is 0 Å². The maximum Gasteiger partial charge on any atom is 0.330 e. The van der Waals surface area contributed by atoms with E-state index in [1.54, 1.807) is 26.0 Å². The SMILES string of the molecule is CCCCN(C(=O)COC(=O)[C@H](C(C)C)N1C(=O)c2ccccc2C1=O)C1CCS(=O)(=O)C1. The summed E-state index contributed by atoms with van der Waals surface area (Å²) < 4.78 is 29.0. The lowest BCUT2D eigenvalue weighted by atomic mass is 10.0. The highest BCUT2D eigenvalue weighted by Gasteiger charge is 2.45. The fourth-order valence-corrected chi connectivity index (χ4v) is 6.03. The van der Waals surface area contributed by atoms with Gasteiger partial charge in [0.15, 0.2) is 16.4 Å². The average molecular weight is 479 g/mol. The number of hydrogen-bond acceptors (Lipinski definition) is 7. The van der Waals surface area contributed by atoms with Crippen LogP contribution in [0, 0.1) is 5.92 Å². The fourth-order valence-electron chi connectivity index (χ4n) is 4.30. The van der Waals surface area contributed by atoms with Crippen molar-refractivity contribution in [1.82, 2.24) is 9.80 Å². The number of esters is 1. The number of imide groups is 1. The molecule has 0 radical (unpaired) electrons. The minimum Gasteiger partial charge on any atom is -0.454 e. The molecule has 2 heterocycles. The molecule has 2 atom stereocenters. The van der Waals surface area contributed by atoms with Crippen LogP contribution in [0.15, 0.2) is 24.3 Å². The number of carbonyl (C=O) groups excluding carboxylic acids is 4.